The van der Waals surface area contributed by atoms with Gasteiger partial charge in [-0.25, -0.2) is 0 Å². The van der Waals surface area contributed by atoms with E-state index in [2.05, 4.69) is 536 Å². The van der Waals surface area contributed by atoms with Crippen LogP contribution in [-0.4, -0.2) is 22.9 Å². The molecule has 0 aromatic heterocycles. The van der Waals surface area contributed by atoms with Crippen LogP contribution in [0.15, 0.2) is 443 Å². The van der Waals surface area contributed by atoms with Crippen molar-refractivity contribution in [3.05, 3.63) is 465 Å². The van der Waals surface area contributed by atoms with Gasteiger partial charge in [-0.2, -0.15) is 0 Å². The first-order valence-electron chi connectivity index (χ1n) is 45.9. The predicted molar refractivity (Wildman–Crippen MR) is 561 cm³/mol. The van der Waals surface area contributed by atoms with Gasteiger partial charge in [0.2, 0.25) is 0 Å². The fourth-order valence-corrected chi connectivity index (χ4v) is 30.4. The van der Waals surface area contributed by atoms with Crippen molar-refractivity contribution in [1.82, 2.24) is 0 Å². The van der Waals surface area contributed by atoms with Crippen LogP contribution in [-0.2, 0) is 21.7 Å². The Morgan fingerprint density at radius 2 is 0.419 bits per heavy atom. The molecular weight excluding hydrogens is 1580 g/mol. The van der Waals surface area contributed by atoms with Crippen LogP contribution in [0.3, 0.4) is 0 Å². The predicted octanol–water partition coefficient (Wildman–Crippen LogP) is 25.4. The molecule has 0 saturated heterocycles. The number of rotatable bonds is 17. The monoisotopic (exact) mass is 1690 g/mol. The summed E-state index contributed by atoms with van der Waals surface area (Å²) >= 11 is 0. The Balaban J connectivity index is 0.990. The lowest BCUT2D eigenvalue weighted by Gasteiger charge is -2.45. The summed E-state index contributed by atoms with van der Waals surface area (Å²) in [4.78, 5) is 5.42. The van der Waals surface area contributed by atoms with Crippen LogP contribution in [0.1, 0.15) is 105 Å². The first-order valence-corrected chi connectivity index (χ1v) is 49.9. The van der Waals surface area contributed by atoms with E-state index in [-0.39, 0.29) is 28.4 Å². The lowest BCUT2D eigenvalue weighted by atomic mass is 9.33. The Morgan fingerprint density at radius 1 is 0.171 bits per heavy atom. The molecular formula is C124H109BN2Si2. The average Bonchev–Trinajstić information content (AvgIpc) is 0.686. The van der Waals surface area contributed by atoms with E-state index in [0.29, 0.717) is 0 Å². The van der Waals surface area contributed by atoms with Crippen molar-refractivity contribution in [2.24, 2.45) is 0 Å². The highest BCUT2D eigenvalue weighted by molar-refractivity contribution is 7.22. The van der Waals surface area contributed by atoms with E-state index < -0.39 is 16.1 Å². The molecule has 2 aliphatic rings. The SMILES string of the molecule is CC(C)(C)c1cc(-c2ccc3c(c2)N(c2ccccc2-c2ccccc2)c2cc(-c4cc([Si](c5ccccc5)(c5ccccc5)c5cccc(-c6ccccc6)c5)cc([Si](c5ccccc5)(c5ccccc5)c5cccc(-c6ccccc6)c5)c4)cc4c2B3c2ccc(-c3cc(C(C)(C)C)cc(C(C)(C)C)c3)cc2N4c2ccccc2-c2ccccc2)cc(C(C)(C)C)c1. The maximum absolute atomic E-state index is 3.61. The summed E-state index contributed by atoms with van der Waals surface area (Å²) in [6.07, 6.45) is 0. The molecule has 0 aliphatic carbocycles. The summed E-state index contributed by atoms with van der Waals surface area (Å²) in [6.45, 7) is 28.1. The molecule has 18 aromatic rings. The van der Waals surface area contributed by atoms with Gasteiger partial charge in [0.25, 0.3) is 6.71 Å². The Bertz CT molecular complexity index is 6620. The van der Waals surface area contributed by atoms with Gasteiger partial charge in [-0.3, -0.25) is 0 Å². The summed E-state index contributed by atoms with van der Waals surface area (Å²) in [6, 6.07) is 172. The zero-order valence-corrected chi connectivity index (χ0v) is 78.1. The van der Waals surface area contributed by atoms with Gasteiger partial charge in [-0.1, -0.05) is 490 Å². The molecule has 5 heteroatoms. The molecule has 0 bridgehead atoms. The second kappa shape index (κ2) is 33.4. The number of hydrogen-bond donors (Lipinski definition) is 0. The highest BCUT2D eigenvalue weighted by Crippen LogP contribution is 2.52. The number of anilines is 6. The number of benzene rings is 18. The summed E-state index contributed by atoms with van der Waals surface area (Å²) in [5.41, 5.74) is 31.4. The quantitative estimate of drug-likeness (QED) is 0.0662. The molecule has 2 aliphatic heterocycles. The minimum Gasteiger partial charge on any atom is -0.311 e. The summed E-state index contributed by atoms with van der Waals surface area (Å²) in [5, 5.41) is 10.3. The molecule has 0 unspecified atom stereocenters. The first kappa shape index (κ1) is 83.3. The largest absolute Gasteiger partial charge is 0.311 e. The second-order valence-corrected chi connectivity index (χ2v) is 47.2. The molecule has 0 spiro atoms. The lowest BCUT2D eigenvalue weighted by molar-refractivity contribution is 0.568. The van der Waals surface area contributed by atoms with Gasteiger partial charge < -0.3 is 9.80 Å². The van der Waals surface area contributed by atoms with Crippen LogP contribution in [0.4, 0.5) is 34.1 Å². The van der Waals surface area contributed by atoms with Crippen molar-refractivity contribution in [3.8, 4) is 77.9 Å². The Morgan fingerprint density at radius 3 is 0.744 bits per heavy atom. The molecule has 0 atom stereocenters. The van der Waals surface area contributed by atoms with E-state index >= 15 is 0 Å². The van der Waals surface area contributed by atoms with Gasteiger partial charge in [0.1, 0.15) is 0 Å². The molecule has 20 rings (SSSR count). The fraction of sp³-hybridized carbons (Fsp3) is 0.129. The molecule has 0 saturated carbocycles. The topological polar surface area (TPSA) is 6.48 Å². The third kappa shape index (κ3) is 15.3. The van der Waals surface area contributed by atoms with E-state index in [1.54, 1.807) is 0 Å². The van der Waals surface area contributed by atoms with E-state index in [1.807, 2.05) is 0 Å². The fourth-order valence-electron chi connectivity index (χ4n) is 20.5. The molecule has 0 N–H and O–H groups in total. The molecule has 0 radical (unpaired) electrons. The van der Waals surface area contributed by atoms with E-state index in [9.17, 15) is 0 Å². The van der Waals surface area contributed by atoms with Crippen molar-refractivity contribution in [2.45, 2.75) is 105 Å². The van der Waals surface area contributed by atoms with Crippen LogP contribution in [0, 0.1) is 0 Å². The number of para-hydroxylation sites is 2. The van der Waals surface area contributed by atoms with E-state index in [1.165, 1.54) is 125 Å². The maximum atomic E-state index is 2.74. The smallest absolute Gasteiger partial charge is 0.252 e. The van der Waals surface area contributed by atoms with Crippen LogP contribution in [0.25, 0.3) is 77.9 Å². The molecule has 0 fully saturated rings. The molecule has 18 aromatic carbocycles. The van der Waals surface area contributed by atoms with Gasteiger partial charge >= 0.3 is 0 Å². The van der Waals surface area contributed by atoms with E-state index in [4.69, 9.17) is 0 Å². The third-order valence-corrected chi connectivity index (χ3v) is 36.8. The van der Waals surface area contributed by atoms with Crippen molar-refractivity contribution in [2.75, 3.05) is 9.80 Å². The highest BCUT2D eigenvalue weighted by Gasteiger charge is 2.49. The van der Waals surface area contributed by atoms with Crippen LogP contribution >= 0.6 is 0 Å². The Labute approximate surface area is 766 Å². The lowest BCUT2D eigenvalue weighted by Crippen LogP contribution is -2.78. The minimum absolute atomic E-state index is 0.126. The van der Waals surface area contributed by atoms with Gasteiger partial charge in [0, 0.05) is 33.9 Å². The summed E-state index contributed by atoms with van der Waals surface area (Å²) in [5.74, 6) is 0. The standard InChI is InChI=1S/C124H109BN2Si2/c1-121(2,3)98-71-94(72-99(83-98)122(4,5)6)92-67-69-112-116(79-92)126(114-65-39-37-63-110(114)88-47-25-15-26-48-88)118-81-97(82-119-120(118)125(112)113-70-68-93(95-73-100(123(7,8)9)84-101(74-95)124(10,11)12)80-117(113)127(119)115-66-40-38-64-111(115)89-49-27-16-28-50-89)96-77-108(128(102-53-29-17-30-54-102,103-55-31-18-32-56-103)106-61-41-51-90(75-106)86-43-21-13-22-44-86)85-109(78-96)129(104-57-33-19-34-58-104,105-59-35-20-36-60-105)107-62-42-52-91(76-107)87-45-23-14-24-46-87/h13-85H,1-12H3. The maximum Gasteiger partial charge on any atom is 0.252 e. The van der Waals surface area contributed by atoms with Crippen LogP contribution < -0.4 is 67.7 Å². The summed E-state index contributed by atoms with van der Waals surface area (Å²) < 4.78 is 0. The Hall–Kier alpha value is -13.9. The highest BCUT2D eigenvalue weighted by atomic mass is 28.3. The minimum atomic E-state index is -3.61. The van der Waals surface area contributed by atoms with Crippen LogP contribution in [0.5, 0.6) is 0 Å². The van der Waals surface area contributed by atoms with Crippen molar-refractivity contribution in [3.63, 3.8) is 0 Å². The van der Waals surface area contributed by atoms with Gasteiger partial charge in [-0.15, -0.1) is 0 Å². The zero-order chi connectivity index (χ0) is 88.6. The van der Waals surface area contributed by atoms with Gasteiger partial charge in [0.15, 0.2) is 16.1 Å². The number of nitrogens with zero attached hydrogens (tertiary/aromatic N) is 2. The average molecular weight is 1690 g/mol. The number of hydrogen-bond acceptors (Lipinski definition) is 2. The number of fused-ring (bicyclic) bond motifs is 4. The molecule has 626 valence electrons. The van der Waals surface area contributed by atoms with Crippen molar-refractivity contribution >= 4 is 115 Å². The molecule has 2 heterocycles. The summed E-state index contributed by atoms with van der Waals surface area (Å²) in [7, 11) is -7.22. The molecule has 2 nitrogen and oxygen atoms in total. The van der Waals surface area contributed by atoms with E-state index in [0.717, 1.165) is 67.5 Å². The van der Waals surface area contributed by atoms with Gasteiger partial charge in [-0.05, 0) is 205 Å². The zero-order valence-electron chi connectivity index (χ0n) is 76.1. The third-order valence-electron chi connectivity index (χ3n) is 27.3. The second-order valence-electron chi connectivity index (χ2n) is 39.6. The van der Waals surface area contributed by atoms with Crippen molar-refractivity contribution < 1.29 is 0 Å². The van der Waals surface area contributed by atoms with Gasteiger partial charge in [0.05, 0.1) is 11.4 Å². The van der Waals surface area contributed by atoms with Crippen LogP contribution in [0.2, 0.25) is 0 Å². The normalized spacial score (nSPS) is 12.8. The molecule has 129 heavy (non-hydrogen) atoms. The first-order chi connectivity index (χ1) is 62.5. The van der Waals surface area contributed by atoms with Crippen molar-refractivity contribution in [1.29, 1.82) is 0 Å². The molecule has 0 amide bonds. The Kier molecular flexibility index (Phi) is 21.5.